The van der Waals surface area contributed by atoms with Crippen LogP contribution in [0.3, 0.4) is 0 Å². The maximum absolute atomic E-state index is 13.6. The number of nitrogens with one attached hydrogen (secondary N) is 2. The third-order valence-corrected chi connectivity index (χ3v) is 5.90. The van der Waals surface area contributed by atoms with Gasteiger partial charge in [-0.2, -0.15) is 0 Å². The van der Waals surface area contributed by atoms with Crippen molar-refractivity contribution in [3.8, 4) is 11.5 Å². The van der Waals surface area contributed by atoms with Gasteiger partial charge < -0.3 is 20.1 Å². The first-order chi connectivity index (χ1) is 15.4. The zero-order valence-electron chi connectivity index (χ0n) is 18.7. The van der Waals surface area contributed by atoms with Crippen molar-refractivity contribution in [1.29, 1.82) is 0 Å². The van der Waals surface area contributed by atoms with Crippen molar-refractivity contribution in [2.45, 2.75) is 39.0 Å². The first-order valence-electron chi connectivity index (χ1n) is 10.6. The molecule has 4 rings (SSSR count). The van der Waals surface area contributed by atoms with Crippen molar-refractivity contribution in [2.75, 3.05) is 19.5 Å². The Bertz CT molecular complexity index is 1150. The van der Waals surface area contributed by atoms with E-state index in [1.165, 1.54) is 0 Å². The maximum atomic E-state index is 13.6. The largest absolute Gasteiger partial charge is 0.497 e. The molecule has 0 spiro atoms. The average Bonchev–Trinajstić information content (AvgIpc) is 2.77. The number of hydrogen-bond acceptors (Lipinski definition) is 6. The van der Waals surface area contributed by atoms with Gasteiger partial charge in [-0.05, 0) is 57.0 Å². The highest BCUT2D eigenvalue weighted by Gasteiger charge is 2.40. The van der Waals surface area contributed by atoms with Gasteiger partial charge in [0.25, 0.3) is 5.91 Å². The van der Waals surface area contributed by atoms with Crippen LogP contribution in [0.25, 0.3) is 0 Å². The number of nitrogens with zero attached hydrogens (tertiary/aromatic N) is 1. The van der Waals surface area contributed by atoms with E-state index in [9.17, 15) is 9.59 Å². The molecule has 0 radical (unpaired) electrons. The number of allylic oxidation sites excluding steroid dienone is 3. The normalized spacial score (nSPS) is 18.1. The van der Waals surface area contributed by atoms with E-state index in [0.29, 0.717) is 40.6 Å². The van der Waals surface area contributed by atoms with E-state index in [0.717, 1.165) is 29.8 Å². The number of dihydropyridines is 1. The lowest BCUT2D eigenvalue weighted by atomic mass is 9.74. The number of Topliss-reactive ketones (excluding diaryl/α,β-unsaturated/α-hetero) is 1. The molecule has 1 aromatic carbocycles. The third-order valence-electron chi connectivity index (χ3n) is 5.90. The molecule has 32 heavy (non-hydrogen) atoms. The van der Waals surface area contributed by atoms with Gasteiger partial charge >= 0.3 is 0 Å². The zero-order valence-corrected chi connectivity index (χ0v) is 18.7. The number of aryl methyl sites for hydroxylation is 1. The van der Waals surface area contributed by atoms with E-state index in [1.54, 1.807) is 32.4 Å². The molecule has 0 bridgehead atoms. The summed E-state index contributed by atoms with van der Waals surface area (Å²) in [7, 11) is 3.17. The summed E-state index contributed by atoms with van der Waals surface area (Å²) >= 11 is 0. The van der Waals surface area contributed by atoms with Crippen LogP contribution in [0.15, 0.2) is 58.9 Å². The molecule has 2 N–H and O–H groups in total. The first-order valence-corrected chi connectivity index (χ1v) is 10.6. The lowest BCUT2D eigenvalue weighted by Gasteiger charge is -2.35. The predicted molar refractivity (Wildman–Crippen MR) is 122 cm³/mol. The summed E-state index contributed by atoms with van der Waals surface area (Å²) in [4.78, 5) is 31.1. The van der Waals surface area contributed by atoms with Crippen molar-refractivity contribution < 1.29 is 19.1 Å². The molecule has 7 heteroatoms. The van der Waals surface area contributed by atoms with Crippen molar-refractivity contribution in [1.82, 2.24) is 10.3 Å². The van der Waals surface area contributed by atoms with Crippen molar-refractivity contribution in [3.63, 3.8) is 0 Å². The Morgan fingerprint density at radius 1 is 1.12 bits per heavy atom. The fraction of sp³-hybridized carbons (Fsp3) is 0.320. The minimum absolute atomic E-state index is 0.0418. The maximum Gasteiger partial charge on any atom is 0.255 e. The minimum Gasteiger partial charge on any atom is -0.497 e. The van der Waals surface area contributed by atoms with Gasteiger partial charge in [-0.15, -0.1) is 0 Å². The SMILES string of the molecule is COc1ccc(OC)c([C@H]2C(C(=O)Nc3cccc(C)n3)=C(C)NC3=C2C(=O)CCC3)c1. The number of benzene rings is 1. The van der Waals surface area contributed by atoms with Gasteiger partial charge in [-0.3, -0.25) is 9.59 Å². The second-order valence-corrected chi connectivity index (χ2v) is 7.99. The van der Waals surface area contributed by atoms with E-state index in [1.807, 2.05) is 32.0 Å². The van der Waals surface area contributed by atoms with Crippen LogP contribution in [-0.2, 0) is 9.59 Å². The topological polar surface area (TPSA) is 89.6 Å². The van der Waals surface area contributed by atoms with Crippen LogP contribution in [0.4, 0.5) is 5.82 Å². The lowest BCUT2D eigenvalue weighted by Crippen LogP contribution is -2.35. The van der Waals surface area contributed by atoms with Gasteiger partial charge in [-0.1, -0.05) is 6.07 Å². The number of anilines is 1. The van der Waals surface area contributed by atoms with Crippen LogP contribution in [0.1, 0.15) is 43.4 Å². The Kier molecular flexibility index (Phi) is 5.99. The Balaban J connectivity index is 1.86. The van der Waals surface area contributed by atoms with E-state index in [2.05, 4.69) is 15.6 Å². The van der Waals surface area contributed by atoms with Gasteiger partial charge in [0.05, 0.1) is 20.1 Å². The molecule has 0 unspecified atom stereocenters. The van der Waals surface area contributed by atoms with Crippen LogP contribution in [0.2, 0.25) is 0 Å². The molecule has 2 aromatic rings. The number of methoxy groups -OCH3 is 2. The molecule has 0 saturated heterocycles. The summed E-state index contributed by atoms with van der Waals surface area (Å²) in [6.45, 7) is 3.73. The quantitative estimate of drug-likeness (QED) is 0.741. The van der Waals surface area contributed by atoms with Crippen molar-refractivity contribution in [3.05, 3.63) is 70.2 Å². The van der Waals surface area contributed by atoms with Crippen LogP contribution < -0.4 is 20.1 Å². The van der Waals surface area contributed by atoms with Crippen LogP contribution >= 0.6 is 0 Å². The lowest BCUT2D eigenvalue weighted by molar-refractivity contribution is -0.116. The average molecular weight is 434 g/mol. The summed E-state index contributed by atoms with van der Waals surface area (Å²) in [5, 5.41) is 6.23. The van der Waals surface area contributed by atoms with Gasteiger partial charge in [0.2, 0.25) is 0 Å². The van der Waals surface area contributed by atoms with Crippen LogP contribution in [0.5, 0.6) is 11.5 Å². The Morgan fingerprint density at radius 3 is 2.66 bits per heavy atom. The molecule has 1 aliphatic carbocycles. The van der Waals surface area contributed by atoms with Crippen LogP contribution in [-0.4, -0.2) is 30.9 Å². The number of ether oxygens (including phenoxy) is 2. The van der Waals surface area contributed by atoms with Gasteiger partial charge in [0, 0.05) is 40.2 Å². The van der Waals surface area contributed by atoms with Crippen molar-refractivity contribution in [2.24, 2.45) is 0 Å². The fourth-order valence-electron chi connectivity index (χ4n) is 4.46. The number of carbonyl (C=O) groups is 2. The van der Waals surface area contributed by atoms with E-state index in [-0.39, 0.29) is 11.7 Å². The number of ketones is 1. The summed E-state index contributed by atoms with van der Waals surface area (Å²) < 4.78 is 11.1. The molecule has 1 atom stereocenters. The van der Waals surface area contributed by atoms with Crippen molar-refractivity contribution >= 4 is 17.5 Å². The number of aromatic nitrogens is 1. The van der Waals surface area contributed by atoms with Crippen LogP contribution in [0, 0.1) is 6.92 Å². The molecular weight excluding hydrogens is 406 g/mol. The molecule has 1 aliphatic heterocycles. The summed E-state index contributed by atoms with van der Waals surface area (Å²) in [5.41, 5.74) is 4.19. The molecule has 0 fully saturated rings. The monoisotopic (exact) mass is 433 g/mol. The smallest absolute Gasteiger partial charge is 0.255 e. The summed E-state index contributed by atoms with van der Waals surface area (Å²) in [5.74, 6) is 0.834. The highest BCUT2D eigenvalue weighted by Crippen LogP contribution is 2.46. The number of hydrogen-bond donors (Lipinski definition) is 2. The number of pyridine rings is 1. The molecule has 2 aliphatic rings. The number of carbonyl (C=O) groups excluding carboxylic acids is 2. The summed E-state index contributed by atoms with van der Waals surface area (Å²) in [6, 6.07) is 10.9. The standard InChI is InChI=1S/C25H27N3O4/c1-14-7-5-10-21(26-14)28-25(30)22-15(2)27-18-8-6-9-19(29)24(18)23(22)17-13-16(31-3)11-12-20(17)32-4/h5,7,10-13,23,27H,6,8-9H2,1-4H3,(H,26,28,30)/t23-/m0/s1. The Morgan fingerprint density at radius 2 is 1.94 bits per heavy atom. The molecule has 2 heterocycles. The second kappa shape index (κ2) is 8.86. The zero-order chi connectivity index (χ0) is 22.8. The van der Waals surface area contributed by atoms with E-state index in [4.69, 9.17) is 9.47 Å². The number of rotatable bonds is 5. The minimum atomic E-state index is -0.575. The molecule has 7 nitrogen and oxygen atoms in total. The fourth-order valence-corrected chi connectivity index (χ4v) is 4.46. The Hall–Kier alpha value is -3.61. The Labute approximate surface area is 187 Å². The molecular formula is C25H27N3O4. The predicted octanol–water partition coefficient (Wildman–Crippen LogP) is 4.01. The molecule has 1 aromatic heterocycles. The molecule has 0 saturated carbocycles. The first kappa shape index (κ1) is 21.6. The van der Waals surface area contributed by atoms with E-state index < -0.39 is 5.92 Å². The van der Waals surface area contributed by atoms with Gasteiger partial charge in [0.1, 0.15) is 17.3 Å². The molecule has 166 valence electrons. The molecule has 1 amide bonds. The highest BCUT2D eigenvalue weighted by atomic mass is 16.5. The van der Waals surface area contributed by atoms with Gasteiger partial charge in [-0.25, -0.2) is 4.98 Å². The second-order valence-electron chi connectivity index (χ2n) is 7.99. The highest BCUT2D eigenvalue weighted by molar-refractivity contribution is 6.09. The third kappa shape index (κ3) is 3.98. The van der Waals surface area contributed by atoms with E-state index >= 15 is 0 Å². The number of amides is 1. The summed E-state index contributed by atoms with van der Waals surface area (Å²) in [6.07, 6.45) is 2.00. The van der Waals surface area contributed by atoms with Gasteiger partial charge in [0.15, 0.2) is 5.78 Å².